The van der Waals surface area contributed by atoms with Gasteiger partial charge in [0.1, 0.15) is 0 Å². The maximum absolute atomic E-state index is 12.7. The third kappa shape index (κ3) is 4.45. The van der Waals surface area contributed by atoms with Crippen LogP contribution >= 0.6 is 0 Å². The molecular weight excluding hydrogens is 277 g/mol. The molecule has 0 spiro atoms. The van der Waals surface area contributed by atoms with Gasteiger partial charge in [0.05, 0.1) is 5.92 Å². The molecule has 1 fully saturated rings. The van der Waals surface area contributed by atoms with Crippen molar-refractivity contribution in [1.82, 2.24) is 5.43 Å². The fourth-order valence-electron chi connectivity index (χ4n) is 3.30. The van der Waals surface area contributed by atoms with Crippen molar-refractivity contribution in [1.29, 1.82) is 0 Å². The number of hydrazine groups is 1. The molecule has 0 bridgehead atoms. The van der Waals surface area contributed by atoms with Gasteiger partial charge in [-0.2, -0.15) is 13.2 Å². The molecule has 21 heavy (non-hydrogen) atoms. The summed E-state index contributed by atoms with van der Waals surface area (Å²) in [7, 11) is 0. The van der Waals surface area contributed by atoms with Gasteiger partial charge in [0.25, 0.3) is 0 Å². The van der Waals surface area contributed by atoms with Gasteiger partial charge in [0, 0.05) is 6.04 Å². The Morgan fingerprint density at radius 3 is 2.43 bits per heavy atom. The number of hydrogen-bond acceptors (Lipinski definition) is 2. The quantitative estimate of drug-likeness (QED) is 0.656. The Morgan fingerprint density at radius 1 is 1.24 bits per heavy atom. The van der Waals surface area contributed by atoms with Crippen LogP contribution < -0.4 is 11.3 Å². The molecule has 2 rings (SSSR count). The summed E-state index contributed by atoms with van der Waals surface area (Å²) in [6.45, 7) is 2.03. The molecule has 118 valence electrons. The minimum atomic E-state index is -4.05. The maximum atomic E-state index is 12.7. The molecule has 0 aliphatic heterocycles. The van der Waals surface area contributed by atoms with E-state index in [1.54, 1.807) is 0 Å². The highest BCUT2D eigenvalue weighted by Gasteiger charge is 2.42. The van der Waals surface area contributed by atoms with Crippen LogP contribution in [0.2, 0.25) is 0 Å². The highest BCUT2D eigenvalue weighted by Crippen LogP contribution is 2.40. The van der Waals surface area contributed by atoms with Crippen molar-refractivity contribution in [2.24, 2.45) is 17.7 Å². The van der Waals surface area contributed by atoms with Crippen molar-refractivity contribution in [3.63, 3.8) is 0 Å². The van der Waals surface area contributed by atoms with Gasteiger partial charge in [0.2, 0.25) is 0 Å². The fourth-order valence-corrected chi connectivity index (χ4v) is 3.30. The fraction of sp³-hybridized carbons (Fsp3) is 0.625. The van der Waals surface area contributed by atoms with Gasteiger partial charge >= 0.3 is 6.18 Å². The van der Waals surface area contributed by atoms with Gasteiger partial charge in [-0.05, 0) is 50.5 Å². The van der Waals surface area contributed by atoms with Gasteiger partial charge in [-0.1, -0.05) is 29.8 Å². The molecule has 1 aromatic rings. The highest BCUT2D eigenvalue weighted by molar-refractivity contribution is 5.23. The number of nitrogens with one attached hydrogen (secondary N) is 1. The van der Waals surface area contributed by atoms with Gasteiger partial charge in [0.15, 0.2) is 0 Å². The van der Waals surface area contributed by atoms with Gasteiger partial charge in [-0.3, -0.25) is 11.3 Å². The topological polar surface area (TPSA) is 38.0 Å². The largest absolute Gasteiger partial charge is 0.391 e. The molecule has 1 saturated carbocycles. The molecule has 2 nitrogen and oxygen atoms in total. The molecule has 1 unspecified atom stereocenters. The van der Waals surface area contributed by atoms with E-state index in [-0.39, 0.29) is 24.8 Å². The smallest absolute Gasteiger partial charge is 0.271 e. The number of halogens is 3. The first-order valence-electron chi connectivity index (χ1n) is 7.48. The molecule has 0 saturated heterocycles. The minimum Gasteiger partial charge on any atom is -0.271 e. The van der Waals surface area contributed by atoms with E-state index >= 15 is 0 Å². The number of hydrogen-bond donors (Lipinski definition) is 2. The Morgan fingerprint density at radius 2 is 1.90 bits per heavy atom. The van der Waals surface area contributed by atoms with Crippen molar-refractivity contribution < 1.29 is 13.2 Å². The second kappa shape index (κ2) is 6.79. The van der Waals surface area contributed by atoms with Gasteiger partial charge in [-0.25, -0.2) is 0 Å². The minimum absolute atomic E-state index is 0.0426. The molecule has 0 heterocycles. The predicted octanol–water partition coefficient (Wildman–Crippen LogP) is 3.74. The third-order valence-electron chi connectivity index (χ3n) is 4.56. The maximum Gasteiger partial charge on any atom is 0.391 e. The van der Waals surface area contributed by atoms with Crippen molar-refractivity contribution in [3.05, 3.63) is 35.4 Å². The average molecular weight is 300 g/mol. The average Bonchev–Trinajstić information content (AvgIpc) is 2.44. The summed E-state index contributed by atoms with van der Waals surface area (Å²) in [6.07, 6.45) is -1.66. The van der Waals surface area contributed by atoms with Crippen molar-refractivity contribution in [3.8, 4) is 0 Å². The van der Waals surface area contributed by atoms with Crippen molar-refractivity contribution in [2.75, 3.05) is 0 Å². The van der Waals surface area contributed by atoms with E-state index in [4.69, 9.17) is 5.84 Å². The Hall–Kier alpha value is -1.07. The van der Waals surface area contributed by atoms with Crippen LogP contribution in [0.15, 0.2) is 24.3 Å². The van der Waals surface area contributed by atoms with Crippen LogP contribution in [0.3, 0.4) is 0 Å². The molecule has 3 N–H and O–H groups in total. The van der Waals surface area contributed by atoms with E-state index in [9.17, 15) is 13.2 Å². The third-order valence-corrected chi connectivity index (χ3v) is 4.56. The van der Waals surface area contributed by atoms with Crippen LogP contribution in [-0.4, -0.2) is 12.2 Å². The lowest BCUT2D eigenvalue weighted by molar-refractivity contribution is -0.184. The van der Waals surface area contributed by atoms with E-state index < -0.39 is 12.1 Å². The summed E-state index contributed by atoms with van der Waals surface area (Å²) in [5.74, 6) is 4.72. The molecule has 5 heteroatoms. The van der Waals surface area contributed by atoms with E-state index in [1.165, 1.54) is 11.1 Å². The molecule has 1 aliphatic carbocycles. The second-order valence-corrected chi connectivity index (χ2v) is 6.12. The summed E-state index contributed by atoms with van der Waals surface area (Å²) >= 11 is 0. The Balaban J connectivity index is 1.94. The standard InChI is InChI=1S/C16H23F3N2/c1-11-3-2-4-12(9-11)10-15(21-20)13-5-7-14(8-6-13)16(17,18)19/h2-4,9,13-15,21H,5-8,10,20H2,1H3. The summed E-state index contributed by atoms with van der Waals surface area (Å²) < 4.78 is 38.1. The first-order valence-corrected chi connectivity index (χ1v) is 7.48. The number of aryl methyl sites for hydroxylation is 1. The van der Waals surface area contributed by atoms with Crippen LogP contribution in [0, 0.1) is 18.8 Å². The normalized spacial score (nSPS) is 24.8. The zero-order valence-corrected chi connectivity index (χ0v) is 12.3. The van der Waals surface area contributed by atoms with Crippen LogP contribution in [0.25, 0.3) is 0 Å². The molecule has 1 aliphatic rings. The van der Waals surface area contributed by atoms with Gasteiger partial charge < -0.3 is 0 Å². The van der Waals surface area contributed by atoms with Crippen LogP contribution in [0.1, 0.15) is 36.8 Å². The van der Waals surface area contributed by atoms with Crippen LogP contribution in [-0.2, 0) is 6.42 Å². The van der Waals surface area contributed by atoms with Crippen LogP contribution in [0.4, 0.5) is 13.2 Å². The summed E-state index contributed by atoms with van der Waals surface area (Å²) in [5, 5.41) is 0. The van der Waals surface area contributed by atoms with Crippen molar-refractivity contribution >= 4 is 0 Å². The number of alkyl halides is 3. The number of nitrogens with two attached hydrogens (primary N) is 1. The zero-order valence-electron chi connectivity index (χ0n) is 12.3. The molecule has 1 atom stereocenters. The summed E-state index contributed by atoms with van der Waals surface area (Å²) in [4.78, 5) is 0. The number of benzene rings is 1. The monoisotopic (exact) mass is 300 g/mol. The van der Waals surface area contributed by atoms with E-state index in [2.05, 4.69) is 11.5 Å². The predicted molar refractivity (Wildman–Crippen MR) is 77.5 cm³/mol. The van der Waals surface area contributed by atoms with E-state index in [0.29, 0.717) is 12.8 Å². The van der Waals surface area contributed by atoms with E-state index in [0.717, 1.165) is 6.42 Å². The van der Waals surface area contributed by atoms with Gasteiger partial charge in [-0.15, -0.1) is 0 Å². The first kappa shape index (κ1) is 16.3. The zero-order chi connectivity index (χ0) is 15.5. The summed E-state index contributed by atoms with van der Waals surface area (Å²) in [6, 6.07) is 8.22. The molecule has 0 aromatic heterocycles. The molecule has 0 amide bonds. The number of rotatable bonds is 4. The first-order chi connectivity index (χ1) is 9.90. The Labute approximate surface area is 123 Å². The Kier molecular flexibility index (Phi) is 5.27. The second-order valence-electron chi connectivity index (χ2n) is 6.12. The lowest BCUT2D eigenvalue weighted by Gasteiger charge is -2.34. The Bertz CT molecular complexity index is 451. The SMILES string of the molecule is Cc1cccc(CC(NN)C2CCC(C(F)(F)F)CC2)c1. The molecular formula is C16H23F3N2. The van der Waals surface area contributed by atoms with Crippen molar-refractivity contribution in [2.45, 2.75) is 51.2 Å². The molecule has 0 radical (unpaired) electrons. The molecule has 1 aromatic carbocycles. The van der Waals surface area contributed by atoms with Crippen LogP contribution in [0.5, 0.6) is 0 Å². The summed E-state index contributed by atoms with van der Waals surface area (Å²) in [5.41, 5.74) is 5.17. The lowest BCUT2D eigenvalue weighted by Crippen LogP contribution is -2.44. The lowest BCUT2D eigenvalue weighted by atomic mass is 9.77. The highest BCUT2D eigenvalue weighted by atomic mass is 19.4. The van der Waals surface area contributed by atoms with E-state index in [1.807, 2.05) is 25.1 Å².